The topological polar surface area (TPSA) is 54.8 Å². The summed E-state index contributed by atoms with van der Waals surface area (Å²) in [6, 6.07) is 11.6. The fraction of sp³-hybridized carbons (Fsp3) is 0.278. The van der Waals surface area contributed by atoms with E-state index >= 15 is 0 Å². The van der Waals surface area contributed by atoms with Gasteiger partial charge in [-0.25, -0.2) is 5.01 Å². The second-order valence-corrected chi connectivity index (χ2v) is 5.80. The highest BCUT2D eigenvalue weighted by Gasteiger charge is 2.49. The maximum atomic E-state index is 13.4. The van der Waals surface area contributed by atoms with Gasteiger partial charge in [0.05, 0.1) is 25.1 Å². The van der Waals surface area contributed by atoms with Gasteiger partial charge >= 0.3 is 6.18 Å². The molecule has 1 atom stereocenters. The normalized spacial score (nSPS) is 17.8. The molecule has 1 unspecified atom stereocenters. The third kappa shape index (κ3) is 3.84. The SMILES string of the molecule is COc1ccc(CN2N=C(c3ccccn3)CC(C(F)(F)F)C2=O)cc1. The minimum absolute atomic E-state index is 0.0637. The number of alkyl halides is 3. The van der Waals surface area contributed by atoms with Crippen LogP contribution in [0.15, 0.2) is 53.8 Å². The van der Waals surface area contributed by atoms with E-state index in [0.717, 1.165) is 5.01 Å². The van der Waals surface area contributed by atoms with Crippen molar-refractivity contribution < 1.29 is 22.7 Å². The van der Waals surface area contributed by atoms with Gasteiger partial charge in [-0.05, 0) is 29.8 Å². The number of nitrogens with zero attached hydrogens (tertiary/aromatic N) is 3. The van der Waals surface area contributed by atoms with Crippen LogP contribution in [0.25, 0.3) is 0 Å². The summed E-state index contributed by atoms with van der Waals surface area (Å²) in [4.78, 5) is 16.4. The zero-order chi connectivity index (χ0) is 18.7. The molecule has 2 aromatic rings. The molecule has 0 radical (unpaired) electrons. The largest absolute Gasteiger partial charge is 0.497 e. The molecule has 1 aliphatic rings. The van der Waals surface area contributed by atoms with Gasteiger partial charge in [0, 0.05) is 12.6 Å². The predicted molar refractivity (Wildman–Crippen MR) is 88.5 cm³/mol. The van der Waals surface area contributed by atoms with Gasteiger partial charge < -0.3 is 4.74 Å². The number of rotatable bonds is 4. The van der Waals surface area contributed by atoms with Crippen LogP contribution < -0.4 is 4.74 Å². The van der Waals surface area contributed by atoms with Gasteiger partial charge in [-0.15, -0.1) is 0 Å². The Kier molecular flexibility index (Phi) is 4.92. The number of benzene rings is 1. The number of hydrazone groups is 1. The number of amides is 1. The van der Waals surface area contributed by atoms with Gasteiger partial charge in [0.25, 0.3) is 5.91 Å². The van der Waals surface area contributed by atoms with Crippen molar-refractivity contribution in [1.29, 1.82) is 0 Å². The van der Waals surface area contributed by atoms with Crippen LogP contribution in [0.1, 0.15) is 17.7 Å². The van der Waals surface area contributed by atoms with E-state index in [-0.39, 0.29) is 12.3 Å². The molecule has 0 aliphatic carbocycles. The average molecular weight is 363 g/mol. The number of hydrogen-bond donors (Lipinski definition) is 0. The minimum Gasteiger partial charge on any atom is -0.497 e. The number of hydrogen-bond acceptors (Lipinski definition) is 4. The molecular weight excluding hydrogens is 347 g/mol. The first-order valence-corrected chi connectivity index (χ1v) is 7.88. The molecule has 136 valence electrons. The molecule has 26 heavy (non-hydrogen) atoms. The zero-order valence-electron chi connectivity index (χ0n) is 13.9. The smallest absolute Gasteiger partial charge is 0.400 e. The zero-order valence-corrected chi connectivity index (χ0v) is 13.9. The summed E-state index contributed by atoms with van der Waals surface area (Å²) < 4.78 is 45.1. The highest BCUT2D eigenvalue weighted by atomic mass is 19.4. The number of halogens is 3. The molecule has 1 amide bonds. The quantitative estimate of drug-likeness (QED) is 0.837. The fourth-order valence-corrected chi connectivity index (χ4v) is 2.66. The number of methoxy groups -OCH3 is 1. The Morgan fingerprint density at radius 1 is 1.19 bits per heavy atom. The Bertz CT molecular complexity index is 805. The van der Waals surface area contributed by atoms with Gasteiger partial charge in [-0.1, -0.05) is 18.2 Å². The summed E-state index contributed by atoms with van der Waals surface area (Å²) in [5.74, 6) is -2.58. The van der Waals surface area contributed by atoms with Crippen molar-refractivity contribution in [3.63, 3.8) is 0 Å². The van der Waals surface area contributed by atoms with E-state index in [1.165, 1.54) is 13.3 Å². The summed E-state index contributed by atoms with van der Waals surface area (Å²) in [6.45, 7) is -0.0637. The Balaban J connectivity index is 1.92. The third-order valence-electron chi connectivity index (χ3n) is 4.04. The molecule has 0 fully saturated rings. The first kappa shape index (κ1) is 17.9. The first-order valence-electron chi connectivity index (χ1n) is 7.88. The number of ether oxygens (including phenoxy) is 1. The van der Waals surface area contributed by atoms with Crippen LogP contribution in [0.3, 0.4) is 0 Å². The van der Waals surface area contributed by atoms with Crippen LogP contribution in [-0.2, 0) is 11.3 Å². The molecule has 0 saturated heterocycles. The van der Waals surface area contributed by atoms with Crippen LogP contribution in [0, 0.1) is 5.92 Å². The molecular formula is C18H16F3N3O2. The van der Waals surface area contributed by atoms with Crippen molar-refractivity contribution in [2.24, 2.45) is 11.0 Å². The number of carbonyl (C=O) groups excluding carboxylic acids is 1. The van der Waals surface area contributed by atoms with Gasteiger partial charge in [0.15, 0.2) is 0 Å². The molecule has 8 heteroatoms. The van der Waals surface area contributed by atoms with E-state index in [4.69, 9.17) is 4.74 Å². The van der Waals surface area contributed by atoms with Crippen LogP contribution >= 0.6 is 0 Å². The summed E-state index contributed by atoms with van der Waals surface area (Å²) >= 11 is 0. The Hall–Kier alpha value is -2.90. The summed E-state index contributed by atoms with van der Waals surface area (Å²) in [5.41, 5.74) is 1.11. The lowest BCUT2D eigenvalue weighted by molar-refractivity contribution is -0.189. The molecule has 3 rings (SSSR count). The summed E-state index contributed by atoms with van der Waals surface area (Å²) in [6.07, 6.45) is -3.69. The van der Waals surface area contributed by atoms with Crippen molar-refractivity contribution in [3.8, 4) is 5.75 Å². The average Bonchev–Trinajstić information content (AvgIpc) is 2.64. The van der Waals surface area contributed by atoms with Crippen molar-refractivity contribution in [1.82, 2.24) is 9.99 Å². The van der Waals surface area contributed by atoms with E-state index in [0.29, 0.717) is 17.0 Å². The lowest BCUT2D eigenvalue weighted by Gasteiger charge is -2.30. The lowest BCUT2D eigenvalue weighted by Crippen LogP contribution is -2.45. The molecule has 1 aromatic heterocycles. The van der Waals surface area contributed by atoms with E-state index < -0.39 is 24.4 Å². The standard InChI is InChI=1S/C18H16F3N3O2/c1-26-13-7-5-12(6-8-13)11-24-17(25)14(18(19,20)21)10-16(23-24)15-4-2-3-9-22-15/h2-9,14H,10-11H2,1H3. The third-order valence-corrected chi connectivity index (χ3v) is 4.04. The molecule has 5 nitrogen and oxygen atoms in total. The van der Waals surface area contributed by atoms with Crippen LogP contribution in [-0.4, -0.2) is 34.9 Å². The van der Waals surface area contributed by atoms with Gasteiger partial charge in [-0.3, -0.25) is 9.78 Å². The molecule has 0 N–H and O–H groups in total. The highest BCUT2D eigenvalue weighted by Crippen LogP contribution is 2.34. The van der Waals surface area contributed by atoms with Gasteiger partial charge in [0.2, 0.25) is 0 Å². The number of pyridine rings is 1. The minimum atomic E-state index is -4.65. The van der Waals surface area contributed by atoms with Gasteiger partial charge in [0.1, 0.15) is 11.7 Å². The second kappa shape index (κ2) is 7.15. The molecule has 0 saturated carbocycles. The predicted octanol–water partition coefficient (Wildman–Crippen LogP) is 3.41. The molecule has 0 spiro atoms. The first-order chi connectivity index (χ1) is 12.4. The van der Waals surface area contributed by atoms with Crippen molar-refractivity contribution in [2.45, 2.75) is 19.1 Å². The van der Waals surface area contributed by atoms with Crippen LogP contribution in [0.2, 0.25) is 0 Å². The molecule has 1 aromatic carbocycles. The van der Waals surface area contributed by atoms with E-state index in [2.05, 4.69) is 10.1 Å². The van der Waals surface area contributed by atoms with Crippen molar-refractivity contribution in [3.05, 3.63) is 59.9 Å². The Morgan fingerprint density at radius 2 is 1.92 bits per heavy atom. The van der Waals surface area contributed by atoms with E-state index in [9.17, 15) is 18.0 Å². The summed E-state index contributed by atoms with van der Waals surface area (Å²) in [7, 11) is 1.51. The van der Waals surface area contributed by atoms with Crippen molar-refractivity contribution >= 4 is 11.6 Å². The van der Waals surface area contributed by atoms with Crippen LogP contribution in [0.5, 0.6) is 5.75 Å². The Labute approximate surface area is 148 Å². The monoisotopic (exact) mass is 363 g/mol. The Morgan fingerprint density at radius 3 is 2.50 bits per heavy atom. The number of aromatic nitrogens is 1. The van der Waals surface area contributed by atoms with Gasteiger partial charge in [-0.2, -0.15) is 18.3 Å². The lowest BCUT2D eigenvalue weighted by atomic mass is 9.96. The second-order valence-electron chi connectivity index (χ2n) is 5.80. The van der Waals surface area contributed by atoms with E-state index in [1.807, 2.05) is 0 Å². The maximum Gasteiger partial charge on any atom is 0.400 e. The summed E-state index contributed by atoms with van der Waals surface area (Å²) in [5, 5.41) is 5.01. The molecule has 0 bridgehead atoms. The fourth-order valence-electron chi connectivity index (χ4n) is 2.66. The van der Waals surface area contributed by atoms with Crippen LogP contribution in [0.4, 0.5) is 13.2 Å². The van der Waals surface area contributed by atoms with Crippen molar-refractivity contribution in [2.75, 3.05) is 7.11 Å². The molecule has 2 heterocycles. The highest BCUT2D eigenvalue weighted by molar-refractivity contribution is 6.03. The van der Waals surface area contributed by atoms with E-state index in [1.54, 1.807) is 42.5 Å². The molecule has 1 aliphatic heterocycles. The number of carbonyl (C=O) groups is 1. The maximum absolute atomic E-state index is 13.4.